The molecule has 1 aromatic heterocycles. The number of benzene rings is 1. The first-order valence-corrected chi connectivity index (χ1v) is 7.23. The van der Waals surface area contributed by atoms with Crippen LogP contribution < -0.4 is 5.32 Å². The van der Waals surface area contributed by atoms with Gasteiger partial charge in [0.15, 0.2) is 0 Å². The van der Waals surface area contributed by atoms with Crippen molar-refractivity contribution in [3.8, 4) is 0 Å². The van der Waals surface area contributed by atoms with E-state index in [1.165, 1.54) is 0 Å². The molecule has 5 heteroatoms. The van der Waals surface area contributed by atoms with Gasteiger partial charge in [-0.05, 0) is 36.6 Å². The van der Waals surface area contributed by atoms with Crippen LogP contribution in [0.5, 0.6) is 0 Å². The molecular formula is C15H18ClN3O. The zero-order valence-electron chi connectivity index (χ0n) is 11.3. The van der Waals surface area contributed by atoms with Crippen molar-refractivity contribution in [2.24, 2.45) is 0 Å². The minimum absolute atomic E-state index is 0.0337. The summed E-state index contributed by atoms with van der Waals surface area (Å²) in [6, 6.07) is 9.72. The molecule has 4 nitrogen and oxygen atoms in total. The van der Waals surface area contributed by atoms with Gasteiger partial charge in [-0.2, -0.15) is 5.10 Å². The molecule has 1 N–H and O–H groups in total. The fraction of sp³-hybridized carbons (Fsp3) is 0.333. The molecule has 2 aromatic rings. The summed E-state index contributed by atoms with van der Waals surface area (Å²) in [5, 5.41) is 7.08. The van der Waals surface area contributed by atoms with Crippen molar-refractivity contribution in [2.45, 2.75) is 25.8 Å². The van der Waals surface area contributed by atoms with Crippen LogP contribution in [0.15, 0.2) is 42.7 Å². The molecule has 2 rings (SSSR count). The van der Waals surface area contributed by atoms with Gasteiger partial charge in [-0.3, -0.25) is 9.48 Å². The Morgan fingerprint density at radius 3 is 2.95 bits per heavy atom. The highest BCUT2D eigenvalue weighted by Crippen LogP contribution is 2.12. The summed E-state index contributed by atoms with van der Waals surface area (Å²) in [5.41, 5.74) is 1.93. The van der Waals surface area contributed by atoms with E-state index in [2.05, 4.69) is 10.4 Å². The first-order chi connectivity index (χ1) is 9.78. The number of carbonyl (C=O) groups is 1. The van der Waals surface area contributed by atoms with Crippen molar-refractivity contribution in [2.75, 3.05) is 11.2 Å². The summed E-state index contributed by atoms with van der Waals surface area (Å²) in [7, 11) is 0. The highest BCUT2D eigenvalue weighted by Gasteiger charge is 2.03. The Kier molecular flexibility index (Phi) is 5.62. The molecule has 0 atom stereocenters. The first-order valence-electron chi connectivity index (χ1n) is 6.70. The molecule has 1 amide bonds. The van der Waals surface area contributed by atoms with E-state index in [1.54, 1.807) is 6.20 Å². The molecule has 0 radical (unpaired) electrons. The highest BCUT2D eigenvalue weighted by atomic mass is 35.5. The Labute approximate surface area is 123 Å². The lowest BCUT2D eigenvalue weighted by Crippen LogP contribution is -2.11. The van der Waals surface area contributed by atoms with Crippen LogP contribution in [-0.4, -0.2) is 21.6 Å². The van der Waals surface area contributed by atoms with Gasteiger partial charge in [0.2, 0.25) is 5.91 Å². The van der Waals surface area contributed by atoms with Crippen LogP contribution in [0.1, 0.15) is 24.8 Å². The summed E-state index contributed by atoms with van der Waals surface area (Å²) in [5.74, 6) is 0.637. The van der Waals surface area contributed by atoms with E-state index in [0.717, 1.165) is 24.1 Å². The van der Waals surface area contributed by atoms with E-state index in [4.69, 9.17) is 11.6 Å². The number of nitrogens with zero attached hydrogens (tertiary/aromatic N) is 2. The van der Waals surface area contributed by atoms with E-state index >= 15 is 0 Å². The van der Waals surface area contributed by atoms with Crippen molar-refractivity contribution in [1.82, 2.24) is 9.78 Å². The lowest BCUT2D eigenvalue weighted by atomic mass is 10.2. The zero-order chi connectivity index (χ0) is 14.2. The van der Waals surface area contributed by atoms with Crippen molar-refractivity contribution >= 4 is 23.2 Å². The summed E-state index contributed by atoms with van der Waals surface area (Å²) < 4.78 is 1.85. The molecule has 0 aliphatic heterocycles. The number of unbranched alkanes of at least 4 members (excludes halogenated alkanes) is 1. The van der Waals surface area contributed by atoms with Gasteiger partial charge in [-0.25, -0.2) is 0 Å². The Morgan fingerprint density at radius 1 is 1.30 bits per heavy atom. The average Bonchev–Trinajstić information content (AvgIpc) is 2.92. The van der Waals surface area contributed by atoms with Gasteiger partial charge in [0.05, 0.1) is 6.54 Å². The lowest BCUT2D eigenvalue weighted by molar-refractivity contribution is -0.116. The molecule has 0 saturated heterocycles. The summed E-state index contributed by atoms with van der Waals surface area (Å²) in [6.45, 7) is 0.697. The molecule has 106 valence electrons. The zero-order valence-corrected chi connectivity index (χ0v) is 12.0. The van der Waals surface area contributed by atoms with Gasteiger partial charge < -0.3 is 5.32 Å². The number of nitrogens with one attached hydrogen (secondary N) is 1. The predicted molar refractivity (Wildman–Crippen MR) is 81.0 cm³/mol. The SMILES string of the molecule is O=C(CCCCCl)Nc1cccc(Cn2cccn2)c1. The molecule has 0 unspecified atom stereocenters. The van der Waals surface area contributed by atoms with Crippen molar-refractivity contribution < 1.29 is 4.79 Å². The van der Waals surface area contributed by atoms with Crippen LogP contribution in [0.25, 0.3) is 0 Å². The molecule has 0 saturated carbocycles. The topological polar surface area (TPSA) is 46.9 Å². The van der Waals surface area contributed by atoms with Crippen LogP contribution in [0.2, 0.25) is 0 Å². The largest absolute Gasteiger partial charge is 0.326 e. The molecule has 0 aliphatic rings. The van der Waals surface area contributed by atoms with E-state index < -0.39 is 0 Å². The quantitative estimate of drug-likeness (QED) is 0.628. The average molecular weight is 292 g/mol. The van der Waals surface area contributed by atoms with Gasteiger partial charge in [0, 0.05) is 30.4 Å². The molecular weight excluding hydrogens is 274 g/mol. The highest BCUT2D eigenvalue weighted by molar-refractivity contribution is 6.17. The van der Waals surface area contributed by atoms with Crippen LogP contribution in [-0.2, 0) is 11.3 Å². The van der Waals surface area contributed by atoms with E-state index in [1.807, 2.05) is 41.2 Å². The second-order valence-electron chi connectivity index (χ2n) is 4.60. The Bertz CT molecular complexity index is 540. The molecule has 0 spiro atoms. The molecule has 20 heavy (non-hydrogen) atoms. The number of hydrogen-bond acceptors (Lipinski definition) is 2. The Morgan fingerprint density at radius 2 is 2.20 bits per heavy atom. The molecule has 0 aliphatic carbocycles. The lowest BCUT2D eigenvalue weighted by Gasteiger charge is -2.07. The number of aromatic nitrogens is 2. The maximum absolute atomic E-state index is 11.7. The monoisotopic (exact) mass is 291 g/mol. The van der Waals surface area contributed by atoms with E-state index in [-0.39, 0.29) is 5.91 Å². The molecule has 0 bridgehead atoms. The second kappa shape index (κ2) is 7.70. The van der Waals surface area contributed by atoms with Gasteiger partial charge in [0.25, 0.3) is 0 Å². The van der Waals surface area contributed by atoms with Crippen LogP contribution in [0.3, 0.4) is 0 Å². The second-order valence-corrected chi connectivity index (χ2v) is 4.98. The van der Waals surface area contributed by atoms with Gasteiger partial charge in [-0.15, -0.1) is 11.6 Å². The van der Waals surface area contributed by atoms with Crippen LogP contribution in [0, 0.1) is 0 Å². The maximum Gasteiger partial charge on any atom is 0.224 e. The Balaban J connectivity index is 1.90. The third-order valence-electron chi connectivity index (χ3n) is 2.90. The number of amides is 1. The van der Waals surface area contributed by atoms with Gasteiger partial charge >= 0.3 is 0 Å². The standard InChI is InChI=1S/C15H18ClN3O/c16-8-2-1-7-15(20)18-14-6-3-5-13(11-14)12-19-10-4-9-17-19/h3-6,9-11H,1-2,7-8,12H2,(H,18,20). The number of carbonyl (C=O) groups excluding carboxylic acids is 1. The number of rotatable bonds is 7. The van der Waals surface area contributed by atoms with Crippen LogP contribution in [0.4, 0.5) is 5.69 Å². The smallest absolute Gasteiger partial charge is 0.224 e. The summed E-state index contributed by atoms with van der Waals surface area (Å²) in [6.07, 6.45) is 5.87. The van der Waals surface area contributed by atoms with Gasteiger partial charge in [-0.1, -0.05) is 12.1 Å². The number of hydrogen-bond donors (Lipinski definition) is 1. The predicted octanol–water partition coefficient (Wildman–Crippen LogP) is 3.28. The Hall–Kier alpha value is -1.81. The number of alkyl halides is 1. The normalized spacial score (nSPS) is 10.4. The third-order valence-corrected chi connectivity index (χ3v) is 3.17. The van der Waals surface area contributed by atoms with E-state index in [0.29, 0.717) is 18.8 Å². The van der Waals surface area contributed by atoms with Crippen LogP contribution >= 0.6 is 11.6 Å². The molecule has 1 aromatic carbocycles. The summed E-state index contributed by atoms with van der Waals surface area (Å²) in [4.78, 5) is 11.7. The summed E-state index contributed by atoms with van der Waals surface area (Å²) >= 11 is 5.59. The van der Waals surface area contributed by atoms with E-state index in [9.17, 15) is 4.79 Å². The number of halogens is 1. The van der Waals surface area contributed by atoms with Gasteiger partial charge in [0.1, 0.15) is 0 Å². The minimum Gasteiger partial charge on any atom is -0.326 e. The number of anilines is 1. The van der Waals surface area contributed by atoms with Crippen molar-refractivity contribution in [1.29, 1.82) is 0 Å². The van der Waals surface area contributed by atoms with Crippen molar-refractivity contribution in [3.05, 3.63) is 48.3 Å². The molecule has 0 fully saturated rings. The fourth-order valence-electron chi connectivity index (χ4n) is 1.93. The maximum atomic E-state index is 11.7. The minimum atomic E-state index is 0.0337. The fourth-order valence-corrected chi connectivity index (χ4v) is 2.12. The first kappa shape index (κ1) is 14.6. The third kappa shape index (κ3) is 4.70. The van der Waals surface area contributed by atoms with Crippen molar-refractivity contribution in [3.63, 3.8) is 0 Å². The molecule has 1 heterocycles.